The van der Waals surface area contributed by atoms with Gasteiger partial charge in [0.1, 0.15) is 11.6 Å². The van der Waals surface area contributed by atoms with Crippen LogP contribution in [0.2, 0.25) is 0 Å². The molecule has 1 atom stereocenters. The summed E-state index contributed by atoms with van der Waals surface area (Å²) in [6.45, 7) is 0. The van der Waals surface area contributed by atoms with Crippen LogP contribution >= 0.6 is 31.9 Å². The van der Waals surface area contributed by atoms with Crippen LogP contribution in [0.15, 0.2) is 24.3 Å². The molecule has 1 aromatic rings. The average molecular weight is 338 g/mol. The summed E-state index contributed by atoms with van der Waals surface area (Å²) in [7, 11) is 0. The number of Topliss-reactive ketones (excluding diaryl/α,β-unsaturated/α-hetero) is 1. The lowest BCUT2D eigenvalue weighted by Gasteiger charge is -2.09. The molecule has 82 valence electrons. The van der Waals surface area contributed by atoms with Gasteiger partial charge in [-0.25, -0.2) is 4.39 Å². The molecular formula is C11H11Br2FO. The highest BCUT2D eigenvalue weighted by Gasteiger charge is 2.13. The molecule has 0 saturated heterocycles. The molecule has 1 unspecified atom stereocenters. The fourth-order valence-corrected chi connectivity index (χ4v) is 2.12. The Hall–Kier alpha value is -0.220. The number of carbonyl (C=O) groups is 1. The van der Waals surface area contributed by atoms with Crippen LogP contribution in [0.5, 0.6) is 0 Å². The summed E-state index contributed by atoms with van der Waals surface area (Å²) in [4.78, 5) is 11.0. The van der Waals surface area contributed by atoms with E-state index < -0.39 is 0 Å². The zero-order valence-corrected chi connectivity index (χ0v) is 11.2. The van der Waals surface area contributed by atoms with Gasteiger partial charge in [-0.3, -0.25) is 4.79 Å². The molecule has 0 heterocycles. The Morgan fingerprint density at radius 1 is 1.40 bits per heavy atom. The first-order valence-electron chi connectivity index (χ1n) is 4.61. The summed E-state index contributed by atoms with van der Waals surface area (Å²) in [5, 5.41) is 0.365. The Balaban J connectivity index is 2.57. The zero-order valence-electron chi connectivity index (χ0n) is 8.05. The van der Waals surface area contributed by atoms with Crippen molar-refractivity contribution in [2.75, 3.05) is 5.33 Å². The summed E-state index contributed by atoms with van der Waals surface area (Å²) < 4.78 is 13.3. The second kappa shape index (κ2) is 6.38. The summed E-state index contributed by atoms with van der Waals surface area (Å²) in [6, 6.07) is 6.60. The van der Waals surface area contributed by atoms with Gasteiger partial charge in [0.15, 0.2) is 0 Å². The first-order valence-corrected chi connectivity index (χ1v) is 6.65. The quantitative estimate of drug-likeness (QED) is 0.742. The lowest BCUT2D eigenvalue weighted by atomic mass is 10.1. The van der Waals surface area contributed by atoms with E-state index in [-0.39, 0.29) is 16.4 Å². The van der Waals surface area contributed by atoms with Crippen LogP contribution in [0.3, 0.4) is 0 Å². The highest BCUT2D eigenvalue weighted by Crippen LogP contribution is 2.29. The molecule has 0 radical (unpaired) electrons. The molecule has 0 saturated carbocycles. The van der Waals surface area contributed by atoms with Crippen molar-refractivity contribution in [3.63, 3.8) is 0 Å². The molecule has 0 spiro atoms. The Bertz CT molecular complexity index is 341. The van der Waals surface area contributed by atoms with Gasteiger partial charge in [0.05, 0.1) is 5.33 Å². The van der Waals surface area contributed by atoms with Gasteiger partial charge in [0.25, 0.3) is 0 Å². The third-order valence-electron chi connectivity index (χ3n) is 2.07. The molecule has 1 nitrogen and oxygen atoms in total. The van der Waals surface area contributed by atoms with Crippen LogP contribution in [0.1, 0.15) is 23.2 Å². The number of halogens is 3. The third-order valence-corrected chi connectivity index (χ3v) is 3.64. The largest absolute Gasteiger partial charge is 0.299 e. The highest BCUT2D eigenvalue weighted by atomic mass is 79.9. The normalized spacial score (nSPS) is 12.5. The summed E-state index contributed by atoms with van der Waals surface area (Å²) >= 11 is 6.48. The predicted molar refractivity (Wildman–Crippen MR) is 66.1 cm³/mol. The van der Waals surface area contributed by atoms with E-state index in [4.69, 9.17) is 0 Å². The van der Waals surface area contributed by atoms with Crippen molar-refractivity contribution in [1.82, 2.24) is 0 Å². The molecule has 1 aromatic carbocycles. The molecule has 15 heavy (non-hydrogen) atoms. The number of carbonyl (C=O) groups excluding carboxylic acids is 1. The van der Waals surface area contributed by atoms with Crippen LogP contribution in [0.4, 0.5) is 4.39 Å². The number of hydrogen-bond donors (Lipinski definition) is 0. The number of hydrogen-bond acceptors (Lipinski definition) is 1. The lowest BCUT2D eigenvalue weighted by molar-refractivity contribution is -0.116. The van der Waals surface area contributed by atoms with Crippen molar-refractivity contribution >= 4 is 37.6 Å². The minimum absolute atomic E-state index is 0.0956. The van der Waals surface area contributed by atoms with Crippen molar-refractivity contribution in [2.24, 2.45) is 0 Å². The van der Waals surface area contributed by atoms with E-state index in [1.54, 1.807) is 18.2 Å². The Kier molecular flexibility index (Phi) is 5.47. The zero-order chi connectivity index (χ0) is 11.3. The molecule has 0 amide bonds. The van der Waals surface area contributed by atoms with E-state index in [2.05, 4.69) is 31.9 Å². The van der Waals surface area contributed by atoms with E-state index in [9.17, 15) is 9.18 Å². The molecule has 0 aliphatic carbocycles. The highest BCUT2D eigenvalue weighted by molar-refractivity contribution is 9.09. The summed E-state index contributed by atoms with van der Waals surface area (Å²) in [6.07, 6.45) is 1.07. The van der Waals surface area contributed by atoms with E-state index in [0.717, 1.165) is 0 Å². The van der Waals surface area contributed by atoms with Gasteiger partial charge in [-0.05, 0) is 12.5 Å². The minimum atomic E-state index is -0.231. The van der Waals surface area contributed by atoms with Gasteiger partial charge in [0, 0.05) is 16.8 Å². The van der Waals surface area contributed by atoms with Crippen LogP contribution in [-0.2, 0) is 4.79 Å². The van der Waals surface area contributed by atoms with Gasteiger partial charge in [-0.15, -0.1) is 0 Å². The average Bonchev–Trinajstić information content (AvgIpc) is 2.26. The second-order valence-electron chi connectivity index (χ2n) is 3.20. The molecule has 0 aliphatic heterocycles. The molecule has 1 rings (SSSR count). The first kappa shape index (κ1) is 12.8. The van der Waals surface area contributed by atoms with Gasteiger partial charge in [-0.2, -0.15) is 0 Å². The molecule has 0 aliphatic rings. The maximum atomic E-state index is 13.3. The van der Waals surface area contributed by atoms with E-state index in [0.29, 0.717) is 23.7 Å². The van der Waals surface area contributed by atoms with Crippen molar-refractivity contribution in [2.45, 2.75) is 17.7 Å². The van der Waals surface area contributed by atoms with Crippen molar-refractivity contribution in [3.8, 4) is 0 Å². The van der Waals surface area contributed by atoms with Crippen LogP contribution in [0.25, 0.3) is 0 Å². The van der Waals surface area contributed by atoms with Crippen LogP contribution in [-0.4, -0.2) is 11.1 Å². The summed E-state index contributed by atoms with van der Waals surface area (Å²) in [5.41, 5.74) is 0.611. The molecule has 4 heteroatoms. The van der Waals surface area contributed by atoms with Crippen LogP contribution < -0.4 is 0 Å². The van der Waals surface area contributed by atoms with E-state index in [1.807, 2.05) is 0 Å². The SMILES string of the molecule is O=C(CBr)CCC(Br)c1ccccc1F. The van der Waals surface area contributed by atoms with Crippen molar-refractivity contribution in [3.05, 3.63) is 35.6 Å². The van der Waals surface area contributed by atoms with Gasteiger partial charge in [-0.1, -0.05) is 50.1 Å². The molecule has 0 aromatic heterocycles. The second-order valence-corrected chi connectivity index (χ2v) is 4.87. The van der Waals surface area contributed by atoms with Gasteiger partial charge < -0.3 is 0 Å². The van der Waals surface area contributed by atoms with E-state index >= 15 is 0 Å². The maximum Gasteiger partial charge on any atom is 0.143 e. The number of benzene rings is 1. The summed E-state index contributed by atoms with van der Waals surface area (Å²) in [5.74, 6) is -0.0959. The number of alkyl halides is 2. The first-order chi connectivity index (χ1) is 7.15. The van der Waals surface area contributed by atoms with Gasteiger partial charge in [0.2, 0.25) is 0 Å². The lowest BCUT2D eigenvalue weighted by Crippen LogP contribution is -2.02. The molecule has 0 bridgehead atoms. The maximum absolute atomic E-state index is 13.3. The monoisotopic (exact) mass is 336 g/mol. The standard InChI is InChI=1S/C11H11Br2FO/c12-7-8(15)5-6-10(13)9-3-1-2-4-11(9)14/h1-4,10H,5-7H2. The Morgan fingerprint density at radius 3 is 2.67 bits per heavy atom. The topological polar surface area (TPSA) is 17.1 Å². The smallest absolute Gasteiger partial charge is 0.143 e. The van der Waals surface area contributed by atoms with Gasteiger partial charge >= 0.3 is 0 Å². The van der Waals surface area contributed by atoms with Crippen LogP contribution in [0, 0.1) is 5.82 Å². The molecular weight excluding hydrogens is 327 g/mol. The van der Waals surface area contributed by atoms with Crippen molar-refractivity contribution in [1.29, 1.82) is 0 Å². The van der Waals surface area contributed by atoms with E-state index in [1.165, 1.54) is 6.07 Å². The number of ketones is 1. The predicted octanol–water partition coefficient (Wildman–Crippen LogP) is 4.01. The Labute approximate surface area is 105 Å². The fourth-order valence-electron chi connectivity index (χ4n) is 1.24. The van der Waals surface area contributed by atoms with Crippen molar-refractivity contribution < 1.29 is 9.18 Å². The minimum Gasteiger partial charge on any atom is -0.299 e. The number of rotatable bonds is 5. The Morgan fingerprint density at radius 2 is 2.07 bits per heavy atom. The third kappa shape index (κ3) is 4.03. The fraction of sp³-hybridized carbons (Fsp3) is 0.364. The molecule has 0 N–H and O–H groups in total. The molecule has 0 fully saturated rings.